The van der Waals surface area contributed by atoms with Gasteiger partial charge in [0, 0.05) is 18.2 Å². The van der Waals surface area contributed by atoms with Crippen LogP contribution in [-0.4, -0.2) is 40.8 Å². The molecule has 0 fully saturated rings. The fourth-order valence-corrected chi connectivity index (χ4v) is 2.94. The van der Waals surface area contributed by atoms with E-state index < -0.39 is 17.9 Å². The zero-order valence-electron chi connectivity index (χ0n) is 15.0. The van der Waals surface area contributed by atoms with Crippen LogP contribution >= 0.6 is 0 Å². The van der Waals surface area contributed by atoms with Crippen molar-refractivity contribution in [2.75, 3.05) is 12.1 Å². The van der Waals surface area contributed by atoms with Crippen LogP contribution in [0.2, 0.25) is 0 Å². The summed E-state index contributed by atoms with van der Waals surface area (Å²) < 4.78 is 5.27. The predicted octanol–water partition coefficient (Wildman–Crippen LogP) is 1.99. The van der Waals surface area contributed by atoms with Crippen molar-refractivity contribution in [2.24, 2.45) is 5.10 Å². The first-order valence-corrected chi connectivity index (χ1v) is 8.44. The number of carbonyl (C=O) groups is 2. The van der Waals surface area contributed by atoms with Crippen LogP contribution in [0, 0.1) is 0 Å². The fraction of sp³-hybridized carbons (Fsp3) is 0.263. The van der Waals surface area contributed by atoms with Crippen LogP contribution in [0.1, 0.15) is 24.9 Å². The van der Waals surface area contributed by atoms with E-state index in [9.17, 15) is 14.7 Å². The van der Waals surface area contributed by atoms with Crippen LogP contribution in [0.15, 0.2) is 53.9 Å². The number of benzene rings is 1. The molecule has 0 saturated carbocycles. The summed E-state index contributed by atoms with van der Waals surface area (Å²) in [6.45, 7) is 1.81. The van der Waals surface area contributed by atoms with E-state index in [1.54, 1.807) is 42.7 Å². The molecule has 8 heteroatoms. The zero-order valence-corrected chi connectivity index (χ0v) is 15.0. The molecule has 0 saturated heterocycles. The van der Waals surface area contributed by atoms with Crippen LogP contribution in [0.3, 0.4) is 0 Å². The highest BCUT2D eigenvalue weighted by Gasteiger charge is 2.36. The highest BCUT2D eigenvalue weighted by molar-refractivity contribution is 6.40. The highest BCUT2D eigenvalue weighted by Crippen LogP contribution is 2.26. The number of nitrogens with zero attached hydrogens (tertiary/aromatic N) is 3. The number of anilines is 1. The maximum atomic E-state index is 12.7. The molecule has 2 N–H and O–H groups in total. The molecule has 1 aliphatic heterocycles. The van der Waals surface area contributed by atoms with Gasteiger partial charge in [0.2, 0.25) is 0 Å². The van der Waals surface area contributed by atoms with Gasteiger partial charge >= 0.3 is 5.97 Å². The number of carboxylic acid groups (broad SMARTS) is 1. The maximum absolute atomic E-state index is 12.7. The molecule has 1 amide bonds. The number of hydrogen-bond donors (Lipinski definition) is 2. The molecule has 0 spiro atoms. The van der Waals surface area contributed by atoms with E-state index in [1.165, 1.54) is 12.1 Å². The molecule has 27 heavy (non-hydrogen) atoms. The van der Waals surface area contributed by atoms with E-state index in [-0.39, 0.29) is 18.2 Å². The second kappa shape index (κ2) is 7.86. The summed E-state index contributed by atoms with van der Waals surface area (Å²) in [7, 11) is 1.53. The smallest absolute Gasteiger partial charge is 0.328 e. The molecule has 8 nitrogen and oxygen atoms in total. The third-order valence-corrected chi connectivity index (χ3v) is 4.33. The number of hydrazone groups is 1. The average molecular weight is 368 g/mol. The fourth-order valence-electron chi connectivity index (χ4n) is 2.94. The number of pyridine rings is 1. The van der Waals surface area contributed by atoms with E-state index in [2.05, 4.69) is 15.4 Å². The monoisotopic (exact) mass is 368 g/mol. The normalized spacial score (nSPS) is 17.2. The molecule has 1 aromatic carbocycles. The van der Waals surface area contributed by atoms with Crippen molar-refractivity contribution in [3.8, 4) is 5.75 Å². The molecule has 3 rings (SSSR count). The molecular weight excluding hydrogens is 348 g/mol. The molecule has 2 aromatic rings. The Bertz CT molecular complexity index is 869. The number of hydrogen-bond acceptors (Lipinski definition) is 6. The molecule has 0 radical (unpaired) electrons. The summed E-state index contributed by atoms with van der Waals surface area (Å²) in [5, 5.41) is 18.0. The van der Waals surface area contributed by atoms with Crippen molar-refractivity contribution in [3.05, 3.63) is 54.4 Å². The molecule has 2 unspecified atom stereocenters. The van der Waals surface area contributed by atoms with Crippen molar-refractivity contribution in [1.82, 2.24) is 10.3 Å². The summed E-state index contributed by atoms with van der Waals surface area (Å²) in [5.74, 6) is -0.881. The van der Waals surface area contributed by atoms with Gasteiger partial charge in [0.1, 0.15) is 11.5 Å². The number of ether oxygens (including phenoxy) is 1. The summed E-state index contributed by atoms with van der Waals surface area (Å²) in [4.78, 5) is 28.3. The van der Waals surface area contributed by atoms with Gasteiger partial charge in [-0.2, -0.15) is 5.10 Å². The Balaban J connectivity index is 1.79. The van der Waals surface area contributed by atoms with Gasteiger partial charge in [-0.3, -0.25) is 14.8 Å². The molecule has 140 valence electrons. The van der Waals surface area contributed by atoms with Gasteiger partial charge in [-0.15, -0.1) is 0 Å². The minimum absolute atomic E-state index is 0.0241. The van der Waals surface area contributed by atoms with Crippen LogP contribution in [0.25, 0.3) is 0 Å². The molecule has 1 aromatic heterocycles. The maximum Gasteiger partial charge on any atom is 0.328 e. The largest absolute Gasteiger partial charge is 0.495 e. The van der Waals surface area contributed by atoms with Crippen molar-refractivity contribution in [3.63, 3.8) is 0 Å². The van der Waals surface area contributed by atoms with E-state index in [0.29, 0.717) is 11.4 Å². The Hall–Kier alpha value is -3.42. The minimum Gasteiger partial charge on any atom is -0.495 e. The van der Waals surface area contributed by atoms with E-state index in [0.717, 1.165) is 5.56 Å². The molecule has 2 heterocycles. The molecule has 2 atom stereocenters. The lowest BCUT2D eigenvalue weighted by atomic mass is 10.1. The number of para-hydroxylation sites is 1. The van der Waals surface area contributed by atoms with Crippen LogP contribution in [-0.2, 0) is 9.59 Å². The standard InChI is InChI=1S/C19H20N4O4/c1-12(14-8-9-20-11-17(14)27-2)21-18(24)15-10-16(19(25)26)23(22-15)13-6-4-3-5-7-13/h3-9,11-12,16H,10H2,1-2H3,(H,21,24)(H,25,26). The third-order valence-electron chi connectivity index (χ3n) is 4.33. The number of rotatable bonds is 6. The van der Waals surface area contributed by atoms with Gasteiger partial charge in [0.05, 0.1) is 25.0 Å². The van der Waals surface area contributed by atoms with Crippen molar-refractivity contribution in [2.45, 2.75) is 25.4 Å². The van der Waals surface area contributed by atoms with Gasteiger partial charge in [-0.1, -0.05) is 18.2 Å². The number of aromatic nitrogens is 1. The quantitative estimate of drug-likeness (QED) is 0.808. The van der Waals surface area contributed by atoms with Crippen LogP contribution in [0.4, 0.5) is 5.69 Å². The van der Waals surface area contributed by atoms with E-state index in [4.69, 9.17) is 4.74 Å². The summed E-state index contributed by atoms with van der Waals surface area (Å²) >= 11 is 0. The predicted molar refractivity (Wildman–Crippen MR) is 99.7 cm³/mol. The number of carboxylic acids is 1. The van der Waals surface area contributed by atoms with Crippen LogP contribution in [0.5, 0.6) is 5.75 Å². The van der Waals surface area contributed by atoms with Crippen molar-refractivity contribution in [1.29, 1.82) is 0 Å². The SMILES string of the molecule is COc1cnccc1C(C)NC(=O)C1=NN(c2ccccc2)C(C(=O)O)C1. The highest BCUT2D eigenvalue weighted by atomic mass is 16.5. The van der Waals surface area contributed by atoms with Crippen molar-refractivity contribution >= 4 is 23.3 Å². The van der Waals surface area contributed by atoms with Gasteiger partial charge in [-0.05, 0) is 25.1 Å². The van der Waals surface area contributed by atoms with Gasteiger partial charge < -0.3 is 15.2 Å². The lowest BCUT2D eigenvalue weighted by molar-refractivity contribution is -0.138. The molecule has 1 aliphatic rings. The Morgan fingerprint density at radius 1 is 1.30 bits per heavy atom. The number of amides is 1. The second-order valence-corrected chi connectivity index (χ2v) is 6.10. The lowest BCUT2D eigenvalue weighted by Gasteiger charge is -2.19. The Morgan fingerprint density at radius 3 is 2.70 bits per heavy atom. The van der Waals surface area contributed by atoms with Gasteiger partial charge in [0.15, 0.2) is 6.04 Å². The Kier molecular flexibility index (Phi) is 5.35. The van der Waals surface area contributed by atoms with E-state index >= 15 is 0 Å². The Morgan fingerprint density at radius 2 is 2.04 bits per heavy atom. The summed E-state index contributed by atoms with van der Waals surface area (Å²) in [6, 6.07) is 9.41. The molecule has 0 aliphatic carbocycles. The third kappa shape index (κ3) is 3.89. The zero-order chi connectivity index (χ0) is 19.4. The number of nitrogens with one attached hydrogen (secondary N) is 1. The van der Waals surface area contributed by atoms with E-state index in [1.807, 2.05) is 13.0 Å². The summed E-state index contributed by atoms with van der Waals surface area (Å²) in [5.41, 5.74) is 1.57. The number of aliphatic carboxylic acids is 1. The number of methoxy groups -OCH3 is 1. The second-order valence-electron chi connectivity index (χ2n) is 6.10. The summed E-state index contributed by atoms with van der Waals surface area (Å²) in [6.07, 6.45) is 3.21. The van der Waals surface area contributed by atoms with Crippen molar-refractivity contribution < 1.29 is 19.4 Å². The minimum atomic E-state index is -1.03. The average Bonchev–Trinajstić information content (AvgIpc) is 3.14. The topological polar surface area (TPSA) is 104 Å². The first kappa shape index (κ1) is 18.4. The molecule has 0 bridgehead atoms. The first-order chi connectivity index (χ1) is 13.0. The first-order valence-electron chi connectivity index (χ1n) is 8.44. The van der Waals surface area contributed by atoms with Crippen LogP contribution < -0.4 is 15.1 Å². The Labute approximate surface area is 156 Å². The van der Waals surface area contributed by atoms with Gasteiger partial charge in [-0.25, -0.2) is 4.79 Å². The lowest BCUT2D eigenvalue weighted by Crippen LogP contribution is -2.36. The molecular formula is C19H20N4O4. The van der Waals surface area contributed by atoms with Gasteiger partial charge in [0.25, 0.3) is 5.91 Å². The number of carbonyl (C=O) groups excluding carboxylic acids is 1.